The third kappa shape index (κ3) is 4.04. The number of nitrogens with zero attached hydrogens (tertiary/aromatic N) is 6. The van der Waals surface area contributed by atoms with Crippen LogP contribution in [0.4, 0.5) is 0 Å². The lowest BCUT2D eigenvalue weighted by atomic mass is 9.61. The summed E-state index contributed by atoms with van der Waals surface area (Å²) in [4.78, 5) is 43.2. The molecular weight excluding hydrogens is 564 g/mol. The van der Waals surface area contributed by atoms with Gasteiger partial charge in [0.1, 0.15) is 5.52 Å². The summed E-state index contributed by atoms with van der Waals surface area (Å²) in [5.74, 6) is -0.680. The second-order valence-corrected chi connectivity index (χ2v) is 12.3. The van der Waals surface area contributed by atoms with Crippen molar-refractivity contribution in [1.29, 1.82) is 0 Å². The number of allylic oxidation sites excluding steroid dienone is 1. The van der Waals surface area contributed by atoms with Crippen LogP contribution in [0.15, 0.2) is 97.7 Å². The first-order valence-corrected chi connectivity index (χ1v) is 14.7. The maximum absolute atomic E-state index is 13.6. The predicted octanol–water partition coefficient (Wildman–Crippen LogP) is 6.08. The number of amides is 2. The van der Waals surface area contributed by atoms with E-state index in [1.54, 1.807) is 41.9 Å². The summed E-state index contributed by atoms with van der Waals surface area (Å²) in [5.41, 5.74) is 5.93. The number of fused-ring (bicyclic) bond motifs is 4. The standard InChI is InChI=1S/C36H28N6O3/c1-21(2)27-17-29-37-18-28-32(42(29)40-27)39-31(30(38-28)22-9-5-4-6-10-22)23-13-15-24(16-14-23)36(19-35(3,45)20-36)41-33(43)25-11-7-8-12-26(25)34(41)44/h4-18,45H,1,19-20H2,2-3H3. The Labute approximate surface area is 258 Å². The van der Waals surface area contributed by atoms with Gasteiger partial charge in [-0.25, -0.2) is 15.0 Å². The van der Waals surface area contributed by atoms with Crippen molar-refractivity contribution in [2.24, 2.45) is 0 Å². The highest BCUT2D eigenvalue weighted by Crippen LogP contribution is 2.54. The van der Waals surface area contributed by atoms with E-state index in [9.17, 15) is 14.7 Å². The zero-order valence-corrected chi connectivity index (χ0v) is 24.7. The lowest BCUT2D eigenvalue weighted by molar-refractivity contribution is -0.118. The Hall–Kier alpha value is -5.54. The number of carbonyl (C=O) groups excluding carboxylic acids is 2. The average Bonchev–Trinajstić information content (AvgIpc) is 3.59. The molecule has 0 unspecified atom stereocenters. The Morgan fingerprint density at radius 1 is 0.844 bits per heavy atom. The van der Waals surface area contributed by atoms with Crippen LogP contribution in [-0.2, 0) is 5.54 Å². The first-order valence-electron chi connectivity index (χ1n) is 14.7. The molecule has 1 aliphatic carbocycles. The van der Waals surface area contributed by atoms with E-state index in [1.165, 1.54) is 4.90 Å². The number of rotatable bonds is 5. The quantitative estimate of drug-likeness (QED) is 0.242. The fourth-order valence-corrected chi connectivity index (χ4v) is 6.85. The number of benzene rings is 3. The molecule has 45 heavy (non-hydrogen) atoms. The molecule has 4 heterocycles. The van der Waals surface area contributed by atoms with Gasteiger partial charge >= 0.3 is 0 Å². The number of imide groups is 1. The molecule has 1 aliphatic heterocycles. The lowest BCUT2D eigenvalue weighted by Gasteiger charge is -2.55. The zero-order chi connectivity index (χ0) is 31.1. The molecule has 9 heteroatoms. The minimum Gasteiger partial charge on any atom is -0.390 e. The Morgan fingerprint density at radius 3 is 2.07 bits per heavy atom. The van der Waals surface area contributed by atoms with E-state index in [0.29, 0.717) is 39.3 Å². The molecule has 9 nitrogen and oxygen atoms in total. The van der Waals surface area contributed by atoms with Crippen molar-refractivity contribution < 1.29 is 14.7 Å². The summed E-state index contributed by atoms with van der Waals surface area (Å²) in [7, 11) is 0. The molecule has 1 fully saturated rings. The third-order valence-electron chi connectivity index (χ3n) is 8.86. The normalized spacial score (nSPS) is 20.9. The van der Waals surface area contributed by atoms with Crippen LogP contribution in [-0.4, -0.2) is 52.0 Å². The lowest BCUT2D eigenvalue weighted by Crippen LogP contribution is -2.63. The highest BCUT2D eigenvalue weighted by molar-refractivity contribution is 6.22. The smallest absolute Gasteiger partial charge is 0.262 e. The Balaban J connectivity index is 1.27. The molecule has 1 saturated carbocycles. The van der Waals surface area contributed by atoms with Crippen LogP contribution in [0.1, 0.15) is 58.7 Å². The molecular formula is C36H28N6O3. The van der Waals surface area contributed by atoms with Crippen molar-refractivity contribution in [3.05, 3.63) is 120 Å². The molecule has 0 atom stereocenters. The highest BCUT2D eigenvalue weighted by atomic mass is 16.3. The van der Waals surface area contributed by atoms with Gasteiger partial charge in [-0.05, 0) is 37.1 Å². The van der Waals surface area contributed by atoms with Gasteiger partial charge in [-0.3, -0.25) is 14.5 Å². The fraction of sp³-hybridized carbons (Fsp3) is 0.167. The van der Waals surface area contributed by atoms with Gasteiger partial charge in [0.15, 0.2) is 11.3 Å². The second kappa shape index (κ2) is 9.48. The van der Waals surface area contributed by atoms with Crippen molar-refractivity contribution in [1.82, 2.24) is 29.5 Å². The van der Waals surface area contributed by atoms with Crippen LogP contribution < -0.4 is 0 Å². The van der Waals surface area contributed by atoms with E-state index in [4.69, 9.17) is 15.1 Å². The van der Waals surface area contributed by atoms with E-state index in [1.807, 2.05) is 67.6 Å². The molecule has 2 amide bonds. The van der Waals surface area contributed by atoms with Gasteiger partial charge in [0.2, 0.25) is 0 Å². The van der Waals surface area contributed by atoms with E-state index in [0.717, 1.165) is 28.0 Å². The van der Waals surface area contributed by atoms with Crippen LogP contribution in [0, 0.1) is 0 Å². The van der Waals surface area contributed by atoms with Crippen molar-refractivity contribution >= 4 is 34.2 Å². The van der Waals surface area contributed by atoms with Gasteiger partial charge in [0.25, 0.3) is 11.8 Å². The number of hydrogen-bond donors (Lipinski definition) is 1. The van der Waals surface area contributed by atoms with E-state index >= 15 is 0 Å². The summed E-state index contributed by atoms with van der Waals surface area (Å²) >= 11 is 0. The number of aromatic nitrogens is 5. The molecule has 0 spiro atoms. The first-order chi connectivity index (χ1) is 21.6. The maximum atomic E-state index is 13.6. The van der Waals surface area contributed by atoms with Crippen molar-refractivity contribution in [2.75, 3.05) is 0 Å². The highest BCUT2D eigenvalue weighted by Gasteiger charge is 2.60. The van der Waals surface area contributed by atoms with E-state index in [-0.39, 0.29) is 24.7 Å². The topological polar surface area (TPSA) is 114 Å². The second-order valence-electron chi connectivity index (χ2n) is 12.3. The van der Waals surface area contributed by atoms with Gasteiger partial charge in [-0.1, -0.05) is 73.3 Å². The molecule has 220 valence electrons. The fourth-order valence-electron chi connectivity index (χ4n) is 6.85. The summed E-state index contributed by atoms with van der Waals surface area (Å²) in [6.45, 7) is 7.65. The largest absolute Gasteiger partial charge is 0.390 e. The minimum atomic E-state index is -1.01. The van der Waals surface area contributed by atoms with Crippen LogP contribution >= 0.6 is 0 Å². The van der Waals surface area contributed by atoms with Crippen molar-refractivity contribution in [3.8, 4) is 22.5 Å². The van der Waals surface area contributed by atoms with Crippen molar-refractivity contribution in [3.63, 3.8) is 0 Å². The molecule has 3 aromatic carbocycles. The summed E-state index contributed by atoms with van der Waals surface area (Å²) in [5, 5.41) is 15.6. The van der Waals surface area contributed by atoms with E-state index < -0.39 is 11.1 Å². The van der Waals surface area contributed by atoms with Crippen molar-refractivity contribution in [2.45, 2.75) is 37.8 Å². The number of hydrogen-bond acceptors (Lipinski definition) is 7. The van der Waals surface area contributed by atoms with Crippen LogP contribution in [0.3, 0.4) is 0 Å². The predicted molar refractivity (Wildman–Crippen MR) is 170 cm³/mol. The maximum Gasteiger partial charge on any atom is 0.262 e. The van der Waals surface area contributed by atoms with Gasteiger partial charge < -0.3 is 5.11 Å². The Morgan fingerprint density at radius 2 is 1.44 bits per heavy atom. The summed E-state index contributed by atoms with van der Waals surface area (Å²) < 4.78 is 1.69. The molecule has 6 aromatic rings. The summed E-state index contributed by atoms with van der Waals surface area (Å²) in [6, 6.07) is 26.3. The van der Waals surface area contributed by atoms with Crippen LogP contribution in [0.2, 0.25) is 0 Å². The molecule has 8 rings (SSSR count). The number of carbonyl (C=O) groups is 2. The Bertz CT molecular complexity index is 2180. The van der Waals surface area contributed by atoms with Gasteiger partial charge in [-0.2, -0.15) is 9.61 Å². The molecule has 0 saturated heterocycles. The third-order valence-corrected chi connectivity index (χ3v) is 8.86. The summed E-state index contributed by atoms with van der Waals surface area (Å²) in [6.07, 6.45) is 2.19. The van der Waals surface area contributed by atoms with E-state index in [2.05, 4.69) is 11.6 Å². The molecule has 1 N–H and O–H groups in total. The monoisotopic (exact) mass is 592 g/mol. The molecule has 2 aliphatic rings. The van der Waals surface area contributed by atoms with Crippen LogP contribution in [0.25, 0.3) is 44.9 Å². The SMILES string of the molecule is C=C(C)c1cc2ncc3nc(-c4ccccc4)c(-c4ccc(C5(N6C(=O)c7ccccc7C6=O)CC(C)(O)C5)cc4)nc3n2n1. The zero-order valence-electron chi connectivity index (χ0n) is 24.7. The minimum absolute atomic E-state index is 0.241. The molecule has 0 radical (unpaired) electrons. The molecule has 0 bridgehead atoms. The molecule has 3 aromatic heterocycles. The average molecular weight is 593 g/mol. The first kappa shape index (κ1) is 27.0. The van der Waals surface area contributed by atoms with Gasteiger partial charge in [0, 0.05) is 30.0 Å². The van der Waals surface area contributed by atoms with Gasteiger partial charge in [-0.15, -0.1) is 0 Å². The number of aliphatic hydroxyl groups is 1. The van der Waals surface area contributed by atoms with Crippen LogP contribution in [0.5, 0.6) is 0 Å². The Kier molecular flexibility index (Phi) is 5.70. The van der Waals surface area contributed by atoms with Gasteiger partial charge in [0.05, 0.1) is 45.5 Å².